The maximum absolute atomic E-state index is 10.9. The van der Waals surface area contributed by atoms with Gasteiger partial charge in [0, 0.05) is 24.2 Å². The first-order valence-electron chi connectivity index (χ1n) is 5.24. The van der Waals surface area contributed by atoms with Crippen molar-refractivity contribution in [2.24, 2.45) is 7.05 Å². The average molecular weight is 267 g/mol. The zero-order chi connectivity index (χ0) is 13.3. The lowest BCUT2D eigenvalue weighted by Gasteiger charge is -2.03. The van der Waals surface area contributed by atoms with Gasteiger partial charge in [0.1, 0.15) is 5.82 Å². The van der Waals surface area contributed by atoms with Gasteiger partial charge in [-0.2, -0.15) is 0 Å². The van der Waals surface area contributed by atoms with Gasteiger partial charge in [-0.25, -0.2) is 0 Å². The minimum absolute atomic E-state index is 0.0722. The van der Waals surface area contributed by atoms with Crippen LogP contribution in [0.2, 0.25) is 0 Å². The molecule has 94 valence electrons. The Bertz CT molecular complexity index is 609. The molecule has 0 N–H and O–H groups in total. The summed E-state index contributed by atoms with van der Waals surface area (Å²) in [5.41, 5.74) is 1.34. The Morgan fingerprint density at radius 3 is 2.72 bits per heavy atom. The number of aryl methyl sites for hydroxylation is 1. The van der Waals surface area contributed by atoms with E-state index in [4.69, 9.17) is 11.6 Å². The van der Waals surface area contributed by atoms with Crippen molar-refractivity contribution in [2.45, 2.75) is 12.8 Å². The summed E-state index contributed by atoms with van der Waals surface area (Å²) in [6.45, 7) is 1.70. The molecule has 0 saturated carbocycles. The molecule has 0 atom stereocenters. The third-order valence-electron chi connectivity index (χ3n) is 2.75. The van der Waals surface area contributed by atoms with Crippen LogP contribution in [0.25, 0.3) is 11.4 Å². The first-order chi connectivity index (χ1) is 8.54. The summed E-state index contributed by atoms with van der Waals surface area (Å²) < 4.78 is 1.72. The minimum atomic E-state index is -0.405. The summed E-state index contributed by atoms with van der Waals surface area (Å²) in [6.07, 6.45) is 0. The number of benzene rings is 1. The first-order valence-corrected chi connectivity index (χ1v) is 5.77. The fraction of sp³-hybridized carbons (Fsp3) is 0.273. The maximum Gasteiger partial charge on any atom is 0.273 e. The van der Waals surface area contributed by atoms with Gasteiger partial charge in [-0.15, -0.1) is 21.8 Å². The van der Waals surface area contributed by atoms with Crippen LogP contribution in [0.4, 0.5) is 5.69 Å². The average Bonchev–Trinajstić information content (AvgIpc) is 2.71. The van der Waals surface area contributed by atoms with Crippen LogP contribution in [-0.4, -0.2) is 19.7 Å². The van der Waals surface area contributed by atoms with Crippen LogP contribution in [0.3, 0.4) is 0 Å². The molecule has 1 aromatic carbocycles. The van der Waals surface area contributed by atoms with Gasteiger partial charge in [-0.1, -0.05) is 12.1 Å². The van der Waals surface area contributed by atoms with Crippen molar-refractivity contribution < 1.29 is 4.92 Å². The lowest BCUT2D eigenvalue weighted by Crippen LogP contribution is -1.98. The standard InChI is InChI=1S/C11H11ClN4O2/c1-7-3-4-8(5-9(7)16(17)18)11-14-13-10(6-12)15(11)2/h3-5H,6H2,1-2H3. The maximum atomic E-state index is 10.9. The van der Waals surface area contributed by atoms with E-state index in [0.717, 1.165) is 0 Å². The molecule has 0 aliphatic carbocycles. The molecule has 2 aromatic rings. The van der Waals surface area contributed by atoms with E-state index in [9.17, 15) is 10.1 Å². The number of halogens is 1. The van der Waals surface area contributed by atoms with Crippen LogP contribution >= 0.6 is 11.6 Å². The van der Waals surface area contributed by atoms with E-state index in [2.05, 4.69) is 10.2 Å². The minimum Gasteiger partial charge on any atom is -0.313 e. The second kappa shape index (κ2) is 4.73. The molecule has 18 heavy (non-hydrogen) atoms. The van der Waals surface area contributed by atoms with E-state index in [-0.39, 0.29) is 11.6 Å². The van der Waals surface area contributed by atoms with Crippen LogP contribution in [0.5, 0.6) is 0 Å². The molecule has 1 aromatic heterocycles. The Morgan fingerprint density at radius 1 is 1.44 bits per heavy atom. The summed E-state index contributed by atoms with van der Waals surface area (Å²) >= 11 is 5.71. The summed E-state index contributed by atoms with van der Waals surface area (Å²) in [5, 5.41) is 18.8. The summed E-state index contributed by atoms with van der Waals surface area (Å²) in [7, 11) is 1.78. The quantitative estimate of drug-likeness (QED) is 0.486. The van der Waals surface area contributed by atoms with Gasteiger partial charge in [0.15, 0.2) is 5.82 Å². The van der Waals surface area contributed by atoms with Crippen molar-refractivity contribution >= 4 is 17.3 Å². The van der Waals surface area contributed by atoms with E-state index in [0.29, 0.717) is 22.8 Å². The van der Waals surface area contributed by atoms with Crippen LogP contribution in [-0.2, 0) is 12.9 Å². The lowest BCUT2D eigenvalue weighted by atomic mass is 10.1. The number of hydrogen-bond acceptors (Lipinski definition) is 4. The normalized spacial score (nSPS) is 10.6. The van der Waals surface area contributed by atoms with Gasteiger partial charge < -0.3 is 4.57 Å². The van der Waals surface area contributed by atoms with Crippen LogP contribution in [0.15, 0.2) is 18.2 Å². The van der Waals surface area contributed by atoms with Crippen LogP contribution in [0.1, 0.15) is 11.4 Å². The molecule has 0 bridgehead atoms. The molecular weight excluding hydrogens is 256 g/mol. The molecule has 0 aliphatic rings. The molecule has 0 spiro atoms. The third-order valence-corrected chi connectivity index (χ3v) is 2.99. The molecule has 0 radical (unpaired) electrons. The SMILES string of the molecule is Cc1ccc(-c2nnc(CCl)n2C)cc1[N+](=O)[O-]. The van der Waals surface area contributed by atoms with Crippen LogP contribution < -0.4 is 0 Å². The molecule has 0 unspecified atom stereocenters. The van der Waals surface area contributed by atoms with Crippen LogP contribution in [0, 0.1) is 17.0 Å². The topological polar surface area (TPSA) is 73.8 Å². The Kier molecular flexibility index (Phi) is 3.29. The van der Waals surface area contributed by atoms with Gasteiger partial charge in [-0.05, 0) is 6.92 Å². The van der Waals surface area contributed by atoms with Gasteiger partial charge in [-0.3, -0.25) is 10.1 Å². The summed E-state index contributed by atoms with van der Waals surface area (Å²) in [6, 6.07) is 4.98. The molecule has 7 heteroatoms. The highest BCUT2D eigenvalue weighted by Gasteiger charge is 2.15. The van der Waals surface area contributed by atoms with Gasteiger partial charge >= 0.3 is 0 Å². The predicted molar refractivity (Wildman–Crippen MR) is 67.4 cm³/mol. The number of nitro groups is 1. The predicted octanol–water partition coefficient (Wildman–Crippen LogP) is 2.44. The Labute approximate surface area is 108 Å². The summed E-state index contributed by atoms with van der Waals surface area (Å²) in [4.78, 5) is 10.5. The third kappa shape index (κ3) is 2.06. The lowest BCUT2D eigenvalue weighted by molar-refractivity contribution is -0.385. The molecule has 0 aliphatic heterocycles. The van der Waals surface area contributed by atoms with E-state index >= 15 is 0 Å². The molecule has 2 rings (SSSR count). The molecule has 6 nitrogen and oxygen atoms in total. The van der Waals surface area contributed by atoms with Gasteiger partial charge in [0.2, 0.25) is 0 Å². The molecule has 0 saturated heterocycles. The zero-order valence-corrected chi connectivity index (χ0v) is 10.7. The fourth-order valence-electron chi connectivity index (χ4n) is 1.67. The smallest absolute Gasteiger partial charge is 0.273 e. The second-order valence-corrected chi connectivity index (χ2v) is 4.16. The highest BCUT2D eigenvalue weighted by Crippen LogP contribution is 2.25. The van der Waals surface area contributed by atoms with Crippen molar-refractivity contribution in [2.75, 3.05) is 0 Å². The number of aromatic nitrogens is 3. The van der Waals surface area contributed by atoms with E-state index < -0.39 is 4.92 Å². The Hall–Kier alpha value is -1.95. The second-order valence-electron chi connectivity index (χ2n) is 3.89. The molecule has 0 amide bonds. The largest absolute Gasteiger partial charge is 0.313 e. The van der Waals surface area contributed by atoms with E-state index in [1.807, 2.05) is 0 Å². The number of nitro benzene ring substituents is 1. The number of rotatable bonds is 3. The molecule has 0 fully saturated rings. The van der Waals surface area contributed by atoms with E-state index in [1.165, 1.54) is 6.07 Å². The molecular formula is C11H11ClN4O2. The van der Waals surface area contributed by atoms with Crippen molar-refractivity contribution in [3.63, 3.8) is 0 Å². The Balaban J connectivity index is 2.54. The van der Waals surface area contributed by atoms with Crippen molar-refractivity contribution in [1.29, 1.82) is 0 Å². The number of nitrogens with zero attached hydrogens (tertiary/aromatic N) is 4. The number of hydrogen-bond donors (Lipinski definition) is 0. The Morgan fingerprint density at radius 2 is 2.17 bits per heavy atom. The zero-order valence-electron chi connectivity index (χ0n) is 9.92. The summed E-state index contributed by atoms with van der Waals surface area (Å²) in [5.74, 6) is 1.43. The first kappa shape index (κ1) is 12.5. The van der Waals surface area contributed by atoms with Crippen molar-refractivity contribution in [3.8, 4) is 11.4 Å². The highest BCUT2D eigenvalue weighted by atomic mass is 35.5. The monoisotopic (exact) mass is 266 g/mol. The van der Waals surface area contributed by atoms with Gasteiger partial charge in [0.05, 0.1) is 10.8 Å². The molecule has 1 heterocycles. The highest BCUT2D eigenvalue weighted by molar-refractivity contribution is 6.16. The van der Waals surface area contributed by atoms with Crippen molar-refractivity contribution in [1.82, 2.24) is 14.8 Å². The van der Waals surface area contributed by atoms with Crippen molar-refractivity contribution in [3.05, 3.63) is 39.7 Å². The fourth-order valence-corrected chi connectivity index (χ4v) is 1.91. The van der Waals surface area contributed by atoms with E-state index in [1.54, 1.807) is 30.7 Å². The van der Waals surface area contributed by atoms with Gasteiger partial charge in [0.25, 0.3) is 5.69 Å². The number of alkyl halides is 1.